The number of nitrogens with one attached hydrogen (secondary N) is 1. The van der Waals surface area contributed by atoms with Crippen LogP contribution in [-0.2, 0) is 21.3 Å². The van der Waals surface area contributed by atoms with Gasteiger partial charge in [0.1, 0.15) is 11.5 Å². The monoisotopic (exact) mass is 379 g/mol. The maximum absolute atomic E-state index is 12.7. The predicted molar refractivity (Wildman–Crippen MR) is 96.1 cm³/mol. The lowest BCUT2D eigenvalue weighted by Gasteiger charge is -2.13. The lowest BCUT2D eigenvalue weighted by Crippen LogP contribution is -2.24. The van der Waals surface area contributed by atoms with Crippen molar-refractivity contribution in [2.45, 2.75) is 18.4 Å². The third kappa shape index (κ3) is 4.33. The van der Waals surface area contributed by atoms with Crippen LogP contribution < -0.4 is 14.2 Å². The van der Waals surface area contributed by atoms with Gasteiger partial charge in [-0.15, -0.1) is 0 Å². The molecular weight excluding hydrogens is 358 g/mol. The van der Waals surface area contributed by atoms with E-state index in [9.17, 15) is 13.2 Å². The molecule has 0 spiro atoms. The molecule has 26 heavy (non-hydrogen) atoms. The molecule has 0 fully saturated rings. The quantitative estimate of drug-likeness (QED) is 0.742. The van der Waals surface area contributed by atoms with Crippen LogP contribution >= 0.6 is 0 Å². The number of benzene rings is 2. The number of aryl methyl sites for hydroxylation is 1. The summed E-state index contributed by atoms with van der Waals surface area (Å²) in [5, 5.41) is 0. The number of methoxy groups -OCH3 is 3. The van der Waals surface area contributed by atoms with E-state index < -0.39 is 16.0 Å². The Hall–Kier alpha value is -2.58. The van der Waals surface area contributed by atoms with E-state index in [2.05, 4.69) is 9.46 Å². The van der Waals surface area contributed by atoms with Gasteiger partial charge in [-0.25, -0.2) is 17.9 Å². The molecule has 0 amide bonds. The topological polar surface area (TPSA) is 90.9 Å². The van der Waals surface area contributed by atoms with Crippen molar-refractivity contribution in [2.75, 3.05) is 21.3 Å². The molecule has 140 valence electrons. The standard InChI is InChI=1S/C18H21NO6S/c1-12-5-6-13(18(20)25-4)9-17(12)26(21,22)19-11-14-7-8-15(23-2)10-16(14)24-3/h5-10,19H,11H2,1-4H3. The first kappa shape index (κ1) is 19.7. The maximum Gasteiger partial charge on any atom is 0.337 e. The van der Waals surface area contributed by atoms with Crippen LogP contribution in [0.25, 0.3) is 0 Å². The fraction of sp³-hybridized carbons (Fsp3) is 0.278. The lowest BCUT2D eigenvalue weighted by atomic mass is 10.1. The van der Waals surface area contributed by atoms with E-state index in [1.54, 1.807) is 31.2 Å². The normalized spacial score (nSPS) is 11.1. The molecule has 0 radical (unpaired) electrons. The van der Waals surface area contributed by atoms with Gasteiger partial charge in [0.05, 0.1) is 31.8 Å². The highest BCUT2D eigenvalue weighted by atomic mass is 32.2. The summed E-state index contributed by atoms with van der Waals surface area (Å²) in [7, 11) is 0.435. The van der Waals surface area contributed by atoms with Gasteiger partial charge < -0.3 is 14.2 Å². The SMILES string of the molecule is COC(=O)c1ccc(C)c(S(=O)(=O)NCc2ccc(OC)cc2OC)c1. The van der Waals surface area contributed by atoms with Crippen molar-refractivity contribution >= 4 is 16.0 Å². The number of carbonyl (C=O) groups excluding carboxylic acids is 1. The van der Waals surface area contributed by atoms with E-state index >= 15 is 0 Å². The summed E-state index contributed by atoms with van der Waals surface area (Å²) in [5.74, 6) is 0.514. The van der Waals surface area contributed by atoms with Gasteiger partial charge >= 0.3 is 5.97 Å². The average Bonchev–Trinajstić information content (AvgIpc) is 2.65. The molecule has 2 aromatic carbocycles. The minimum absolute atomic E-state index is 0.0212. The fourth-order valence-corrected chi connectivity index (χ4v) is 3.66. The Morgan fingerprint density at radius 2 is 1.77 bits per heavy atom. The first-order chi connectivity index (χ1) is 12.3. The largest absolute Gasteiger partial charge is 0.497 e. The molecule has 0 saturated heterocycles. The van der Waals surface area contributed by atoms with E-state index in [0.717, 1.165) is 0 Å². The van der Waals surface area contributed by atoms with Crippen LogP contribution in [-0.4, -0.2) is 35.7 Å². The lowest BCUT2D eigenvalue weighted by molar-refractivity contribution is 0.0600. The zero-order valence-corrected chi connectivity index (χ0v) is 15.8. The van der Waals surface area contributed by atoms with E-state index in [1.807, 2.05) is 0 Å². The van der Waals surface area contributed by atoms with Gasteiger partial charge in [-0.1, -0.05) is 12.1 Å². The first-order valence-corrected chi connectivity index (χ1v) is 9.20. The second kappa shape index (κ2) is 8.20. The van der Waals surface area contributed by atoms with Gasteiger partial charge in [-0.05, 0) is 30.7 Å². The summed E-state index contributed by atoms with van der Waals surface area (Å²) in [5.41, 5.74) is 1.34. The van der Waals surface area contributed by atoms with Crippen molar-refractivity contribution in [3.8, 4) is 11.5 Å². The average molecular weight is 379 g/mol. The molecule has 8 heteroatoms. The van der Waals surface area contributed by atoms with Gasteiger partial charge in [0, 0.05) is 18.2 Å². The summed E-state index contributed by atoms with van der Waals surface area (Å²) < 4.78 is 42.9. The van der Waals surface area contributed by atoms with Crippen molar-refractivity contribution in [3.63, 3.8) is 0 Å². The molecule has 0 unspecified atom stereocenters. The molecule has 0 aliphatic rings. The Bertz CT molecular complexity index is 908. The third-order valence-electron chi connectivity index (χ3n) is 3.85. The molecule has 0 atom stereocenters. The first-order valence-electron chi connectivity index (χ1n) is 7.72. The van der Waals surface area contributed by atoms with Crippen molar-refractivity contribution in [3.05, 3.63) is 53.1 Å². The minimum Gasteiger partial charge on any atom is -0.497 e. The van der Waals surface area contributed by atoms with Gasteiger partial charge in [0.25, 0.3) is 0 Å². The minimum atomic E-state index is -3.84. The Labute approximate surface area is 152 Å². The smallest absolute Gasteiger partial charge is 0.337 e. The summed E-state index contributed by atoms with van der Waals surface area (Å²) in [4.78, 5) is 11.7. The molecule has 0 bridgehead atoms. The highest BCUT2D eigenvalue weighted by molar-refractivity contribution is 7.89. The van der Waals surface area contributed by atoms with Crippen LogP contribution in [0.2, 0.25) is 0 Å². The van der Waals surface area contributed by atoms with E-state index in [4.69, 9.17) is 9.47 Å². The number of ether oxygens (including phenoxy) is 3. The molecule has 0 aliphatic heterocycles. The van der Waals surface area contributed by atoms with Crippen molar-refractivity contribution in [1.29, 1.82) is 0 Å². The van der Waals surface area contributed by atoms with Crippen LogP contribution in [0.5, 0.6) is 11.5 Å². The summed E-state index contributed by atoms with van der Waals surface area (Å²) in [6, 6.07) is 9.50. The summed E-state index contributed by atoms with van der Waals surface area (Å²) in [6.45, 7) is 1.68. The molecule has 2 aromatic rings. The number of hydrogen-bond donors (Lipinski definition) is 1. The van der Waals surface area contributed by atoms with Crippen LogP contribution in [0.15, 0.2) is 41.3 Å². The number of carbonyl (C=O) groups is 1. The molecule has 0 heterocycles. The summed E-state index contributed by atoms with van der Waals surface area (Å²) >= 11 is 0. The molecule has 0 aromatic heterocycles. The van der Waals surface area contributed by atoms with Gasteiger partial charge in [-0.3, -0.25) is 0 Å². The predicted octanol–water partition coefficient (Wildman–Crippen LogP) is 2.28. The van der Waals surface area contributed by atoms with Crippen molar-refractivity contribution < 1.29 is 27.4 Å². The zero-order chi connectivity index (χ0) is 19.3. The second-order valence-corrected chi connectivity index (χ2v) is 7.21. The van der Waals surface area contributed by atoms with E-state index in [-0.39, 0.29) is 17.0 Å². The van der Waals surface area contributed by atoms with E-state index in [0.29, 0.717) is 22.6 Å². The Balaban J connectivity index is 2.28. The molecule has 0 aliphatic carbocycles. The zero-order valence-electron chi connectivity index (χ0n) is 15.0. The number of esters is 1. The molecule has 0 saturated carbocycles. The van der Waals surface area contributed by atoms with Gasteiger partial charge in [0.2, 0.25) is 10.0 Å². The Morgan fingerprint density at radius 3 is 2.38 bits per heavy atom. The number of rotatable bonds is 7. The molecule has 1 N–H and O–H groups in total. The Kier molecular flexibility index (Phi) is 6.23. The maximum atomic E-state index is 12.7. The van der Waals surface area contributed by atoms with Crippen LogP contribution in [0.3, 0.4) is 0 Å². The van der Waals surface area contributed by atoms with Crippen molar-refractivity contribution in [2.24, 2.45) is 0 Å². The highest BCUT2D eigenvalue weighted by Gasteiger charge is 2.20. The number of sulfonamides is 1. The summed E-state index contributed by atoms with van der Waals surface area (Å²) in [6.07, 6.45) is 0. The third-order valence-corrected chi connectivity index (χ3v) is 5.39. The molecule has 7 nitrogen and oxygen atoms in total. The second-order valence-electron chi connectivity index (χ2n) is 5.47. The van der Waals surface area contributed by atoms with Gasteiger partial charge in [-0.2, -0.15) is 0 Å². The fourth-order valence-electron chi connectivity index (χ4n) is 2.38. The molecule has 2 rings (SSSR count). The highest BCUT2D eigenvalue weighted by Crippen LogP contribution is 2.25. The number of hydrogen-bond acceptors (Lipinski definition) is 6. The van der Waals surface area contributed by atoms with Crippen molar-refractivity contribution in [1.82, 2.24) is 4.72 Å². The van der Waals surface area contributed by atoms with Crippen LogP contribution in [0, 0.1) is 6.92 Å². The Morgan fingerprint density at radius 1 is 1.04 bits per heavy atom. The van der Waals surface area contributed by atoms with Crippen LogP contribution in [0.4, 0.5) is 0 Å². The van der Waals surface area contributed by atoms with Crippen LogP contribution in [0.1, 0.15) is 21.5 Å². The van der Waals surface area contributed by atoms with E-state index in [1.165, 1.54) is 33.5 Å². The van der Waals surface area contributed by atoms with Gasteiger partial charge in [0.15, 0.2) is 0 Å². The molecular formula is C18H21NO6S.